The molecule has 0 aliphatic heterocycles. The Balaban J connectivity index is 2.72. The first-order chi connectivity index (χ1) is 8.32. The Hall–Kier alpha value is -1.00. The fraction of sp³-hybridized carbons (Fsp3) is 0.615. The molecule has 0 saturated heterocycles. The van der Waals surface area contributed by atoms with Crippen LogP contribution < -0.4 is 11.1 Å². The van der Waals surface area contributed by atoms with Gasteiger partial charge in [-0.15, -0.1) is 0 Å². The van der Waals surface area contributed by atoms with Gasteiger partial charge in [-0.05, 0) is 25.8 Å². The van der Waals surface area contributed by atoms with Crippen molar-refractivity contribution in [2.45, 2.75) is 39.8 Å². The Morgan fingerprint density at radius 3 is 2.56 bits per heavy atom. The van der Waals surface area contributed by atoms with Gasteiger partial charge in [0.05, 0.1) is 5.02 Å². The Labute approximate surface area is 113 Å². The van der Waals surface area contributed by atoms with Gasteiger partial charge < -0.3 is 15.6 Å². The lowest BCUT2D eigenvalue weighted by atomic mass is 10.1. The van der Waals surface area contributed by atoms with Crippen molar-refractivity contribution in [3.63, 3.8) is 0 Å². The minimum absolute atomic E-state index is 0.0353. The van der Waals surface area contributed by atoms with Crippen LogP contribution in [-0.2, 0) is 0 Å². The number of carbonyl (C=O) groups excluding carboxylic acids is 1. The van der Waals surface area contributed by atoms with Gasteiger partial charge in [0.25, 0.3) is 5.91 Å². The molecule has 1 aromatic heterocycles. The monoisotopic (exact) mass is 271 g/mol. The summed E-state index contributed by atoms with van der Waals surface area (Å²) in [5, 5.41) is 3.42. The van der Waals surface area contributed by atoms with E-state index in [1.807, 2.05) is 32.3 Å². The fourth-order valence-corrected chi connectivity index (χ4v) is 1.80. The predicted molar refractivity (Wildman–Crippen MR) is 75.0 cm³/mol. The largest absolute Gasteiger partial charge is 0.349 e. The third-order valence-corrected chi connectivity index (χ3v) is 3.17. The van der Waals surface area contributed by atoms with Crippen molar-refractivity contribution in [2.24, 2.45) is 11.7 Å². The molecule has 1 rings (SSSR count). The van der Waals surface area contributed by atoms with E-state index in [0.717, 1.165) is 0 Å². The predicted octanol–water partition coefficient (Wildman–Crippen LogP) is 2.44. The van der Waals surface area contributed by atoms with Gasteiger partial charge in [0.15, 0.2) is 0 Å². The lowest BCUT2D eigenvalue weighted by Crippen LogP contribution is -2.40. The lowest BCUT2D eigenvalue weighted by molar-refractivity contribution is 0.0938. The topological polar surface area (TPSA) is 60.0 Å². The molecule has 5 heteroatoms. The van der Waals surface area contributed by atoms with Gasteiger partial charge >= 0.3 is 0 Å². The lowest BCUT2D eigenvalue weighted by Gasteiger charge is -2.17. The Kier molecular flexibility index (Phi) is 5.23. The first-order valence-corrected chi connectivity index (χ1v) is 6.61. The summed E-state index contributed by atoms with van der Waals surface area (Å²) >= 11 is 5.94. The van der Waals surface area contributed by atoms with Crippen LogP contribution in [0.2, 0.25) is 5.02 Å². The summed E-state index contributed by atoms with van der Waals surface area (Å²) < 4.78 is 1.86. The van der Waals surface area contributed by atoms with E-state index in [1.165, 1.54) is 0 Å². The molecular weight excluding hydrogens is 250 g/mol. The van der Waals surface area contributed by atoms with Gasteiger partial charge in [0.2, 0.25) is 0 Å². The number of aromatic nitrogens is 1. The van der Waals surface area contributed by atoms with E-state index in [1.54, 1.807) is 12.3 Å². The zero-order chi connectivity index (χ0) is 13.9. The number of amides is 1. The van der Waals surface area contributed by atoms with Crippen LogP contribution >= 0.6 is 11.6 Å². The first-order valence-electron chi connectivity index (χ1n) is 6.24. The highest BCUT2D eigenvalue weighted by Gasteiger charge is 2.16. The maximum atomic E-state index is 12.1. The van der Waals surface area contributed by atoms with E-state index >= 15 is 0 Å². The molecule has 1 heterocycles. The molecule has 3 N–H and O–H groups in total. The van der Waals surface area contributed by atoms with Crippen LogP contribution in [0, 0.1) is 5.92 Å². The number of nitrogens with one attached hydrogen (secondary N) is 1. The van der Waals surface area contributed by atoms with Crippen LogP contribution in [0.1, 0.15) is 44.2 Å². The highest BCUT2D eigenvalue weighted by Crippen LogP contribution is 2.18. The van der Waals surface area contributed by atoms with Crippen molar-refractivity contribution in [3.05, 3.63) is 23.0 Å². The zero-order valence-electron chi connectivity index (χ0n) is 11.4. The smallest absolute Gasteiger partial charge is 0.268 e. The molecule has 0 aromatic carbocycles. The normalized spacial score (nSPS) is 13.1. The second kappa shape index (κ2) is 6.25. The van der Waals surface area contributed by atoms with Crippen molar-refractivity contribution in [1.82, 2.24) is 9.88 Å². The number of halogens is 1. The molecule has 18 heavy (non-hydrogen) atoms. The molecule has 1 aromatic rings. The number of nitrogens with two attached hydrogens (primary N) is 1. The van der Waals surface area contributed by atoms with Gasteiger partial charge in [0, 0.05) is 24.8 Å². The van der Waals surface area contributed by atoms with Crippen LogP contribution in [0.4, 0.5) is 0 Å². The summed E-state index contributed by atoms with van der Waals surface area (Å²) in [7, 11) is 0. The molecule has 4 nitrogen and oxygen atoms in total. The van der Waals surface area contributed by atoms with E-state index in [4.69, 9.17) is 17.3 Å². The molecule has 0 bridgehead atoms. The molecule has 1 atom stereocenters. The van der Waals surface area contributed by atoms with Gasteiger partial charge in [-0.3, -0.25) is 4.79 Å². The van der Waals surface area contributed by atoms with Gasteiger partial charge in [-0.25, -0.2) is 0 Å². The second-order valence-corrected chi connectivity index (χ2v) is 5.60. The number of hydrogen-bond acceptors (Lipinski definition) is 2. The highest BCUT2D eigenvalue weighted by molar-refractivity contribution is 6.31. The number of hydrogen-bond donors (Lipinski definition) is 2. The van der Waals surface area contributed by atoms with Crippen molar-refractivity contribution in [3.8, 4) is 0 Å². The summed E-state index contributed by atoms with van der Waals surface area (Å²) in [6, 6.07) is 1.83. The maximum Gasteiger partial charge on any atom is 0.268 e. The molecular formula is C13H22ClN3O. The Morgan fingerprint density at radius 2 is 2.06 bits per heavy atom. The SMILES string of the molecule is CC(C)C(N)CNC(=O)c1cc(Cl)cn1C(C)C. The second-order valence-electron chi connectivity index (χ2n) is 5.16. The molecule has 0 fully saturated rings. The number of carbonyl (C=O) groups is 1. The third kappa shape index (κ3) is 3.75. The van der Waals surface area contributed by atoms with Gasteiger partial charge in [0.1, 0.15) is 5.69 Å². The van der Waals surface area contributed by atoms with Crippen LogP contribution in [0.15, 0.2) is 12.3 Å². The van der Waals surface area contributed by atoms with Crippen molar-refractivity contribution in [1.29, 1.82) is 0 Å². The molecule has 0 spiro atoms. The van der Waals surface area contributed by atoms with E-state index in [-0.39, 0.29) is 18.0 Å². The number of rotatable bonds is 5. The Morgan fingerprint density at radius 1 is 1.44 bits per heavy atom. The van der Waals surface area contributed by atoms with E-state index < -0.39 is 0 Å². The average Bonchev–Trinajstić information content (AvgIpc) is 2.67. The highest BCUT2D eigenvalue weighted by atomic mass is 35.5. The first kappa shape index (κ1) is 15.1. The number of nitrogens with zero attached hydrogens (tertiary/aromatic N) is 1. The summed E-state index contributed by atoms with van der Waals surface area (Å²) in [6.07, 6.45) is 1.77. The molecule has 102 valence electrons. The van der Waals surface area contributed by atoms with E-state index in [9.17, 15) is 4.79 Å². The van der Waals surface area contributed by atoms with Crippen molar-refractivity contribution < 1.29 is 4.79 Å². The Bertz CT molecular complexity index is 412. The van der Waals surface area contributed by atoms with Gasteiger partial charge in [-0.1, -0.05) is 25.4 Å². The fourth-order valence-electron chi connectivity index (χ4n) is 1.59. The van der Waals surface area contributed by atoms with E-state index in [2.05, 4.69) is 5.32 Å². The van der Waals surface area contributed by atoms with Crippen LogP contribution in [0.3, 0.4) is 0 Å². The molecule has 0 saturated carbocycles. The quantitative estimate of drug-likeness (QED) is 0.864. The van der Waals surface area contributed by atoms with Crippen LogP contribution in [-0.4, -0.2) is 23.1 Å². The molecule has 0 aliphatic carbocycles. The summed E-state index contributed by atoms with van der Waals surface area (Å²) in [5.41, 5.74) is 6.47. The summed E-state index contributed by atoms with van der Waals surface area (Å²) in [6.45, 7) is 8.55. The van der Waals surface area contributed by atoms with Crippen LogP contribution in [0.25, 0.3) is 0 Å². The maximum absolute atomic E-state index is 12.1. The molecule has 1 amide bonds. The summed E-state index contributed by atoms with van der Waals surface area (Å²) in [5.74, 6) is 0.206. The standard InChI is InChI=1S/C13H22ClN3O/c1-8(2)11(15)6-16-13(18)12-5-10(14)7-17(12)9(3)4/h5,7-9,11H,6,15H2,1-4H3,(H,16,18). The van der Waals surface area contributed by atoms with Crippen molar-refractivity contribution >= 4 is 17.5 Å². The summed E-state index contributed by atoms with van der Waals surface area (Å²) in [4.78, 5) is 12.1. The van der Waals surface area contributed by atoms with Crippen LogP contribution in [0.5, 0.6) is 0 Å². The molecule has 0 radical (unpaired) electrons. The average molecular weight is 272 g/mol. The van der Waals surface area contributed by atoms with Gasteiger partial charge in [-0.2, -0.15) is 0 Å². The zero-order valence-corrected chi connectivity index (χ0v) is 12.2. The molecule has 1 unspecified atom stereocenters. The van der Waals surface area contributed by atoms with E-state index in [0.29, 0.717) is 23.2 Å². The minimum Gasteiger partial charge on any atom is -0.349 e. The van der Waals surface area contributed by atoms with Crippen molar-refractivity contribution in [2.75, 3.05) is 6.54 Å². The third-order valence-electron chi connectivity index (χ3n) is 2.96. The minimum atomic E-state index is -0.133. The molecule has 0 aliphatic rings.